The predicted molar refractivity (Wildman–Crippen MR) is 42.8 cm³/mol. The standard InChI is InChI=1S/C6H5BrO.CH3F/c7-5-3-1-2-4-6(5)8;1-2/h1-4,8H;1H3. The molecule has 0 unspecified atom stereocenters. The SMILES string of the molecule is CF.Oc1ccccc1Br. The highest BCUT2D eigenvalue weighted by molar-refractivity contribution is 9.10. The maximum Gasteiger partial charge on any atom is 0.129 e. The first kappa shape index (κ1) is 9.43. The van der Waals surface area contributed by atoms with Gasteiger partial charge in [0.25, 0.3) is 0 Å². The zero-order valence-corrected chi connectivity index (χ0v) is 7.10. The molecule has 3 heteroatoms. The summed E-state index contributed by atoms with van der Waals surface area (Å²) in [6.07, 6.45) is 0. The van der Waals surface area contributed by atoms with Crippen LogP contribution in [0.3, 0.4) is 0 Å². The van der Waals surface area contributed by atoms with Gasteiger partial charge in [-0.25, -0.2) is 0 Å². The lowest BCUT2D eigenvalue weighted by Gasteiger charge is -1.90. The molecule has 56 valence electrons. The summed E-state index contributed by atoms with van der Waals surface area (Å²) >= 11 is 3.15. The van der Waals surface area contributed by atoms with Crippen LogP contribution in [0.15, 0.2) is 28.7 Å². The molecule has 1 rings (SSSR count). The minimum Gasteiger partial charge on any atom is -0.507 e. The summed E-state index contributed by atoms with van der Waals surface area (Å²) in [5, 5.41) is 8.87. The van der Waals surface area contributed by atoms with Gasteiger partial charge in [0.15, 0.2) is 0 Å². The molecule has 0 atom stereocenters. The van der Waals surface area contributed by atoms with Gasteiger partial charge in [0.05, 0.1) is 11.7 Å². The quantitative estimate of drug-likeness (QED) is 0.693. The van der Waals surface area contributed by atoms with E-state index >= 15 is 0 Å². The van der Waals surface area contributed by atoms with Crippen molar-refractivity contribution in [1.29, 1.82) is 0 Å². The van der Waals surface area contributed by atoms with E-state index in [9.17, 15) is 4.39 Å². The van der Waals surface area contributed by atoms with Gasteiger partial charge in [-0.1, -0.05) is 12.1 Å². The third-order valence-corrected chi connectivity index (χ3v) is 1.52. The molecular formula is C7H8BrFO. The summed E-state index contributed by atoms with van der Waals surface area (Å²) in [5.41, 5.74) is 0. The van der Waals surface area contributed by atoms with Gasteiger partial charge in [-0.2, -0.15) is 0 Å². The Kier molecular flexibility index (Phi) is 4.94. The topological polar surface area (TPSA) is 20.2 Å². The van der Waals surface area contributed by atoms with Crippen LogP contribution in [0.5, 0.6) is 5.75 Å². The van der Waals surface area contributed by atoms with Crippen molar-refractivity contribution >= 4 is 15.9 Å². The number of hydrogen-bond donors (Lipinski definition) is 1. The van der Waals surface area contributed by atoms with Gasteiger partial charge in [-0.05, 0) is 28.1 Å². The van der Waals surface area contributed by atoms with Crippen LogP contribution in [-0.4, -0.2) is 12.3 Å². The summed E-state index contributed by atoms with van der Waals surface area (Å²) in [6.45, 7) is 0. The number of alkyl halides is 1. The fourth-order valence-corrected chi connectivity index (χ4v) is 0.737. The van der Waals surface area contributed by atoms with E-state index < -0.39 is 0 Å². The Morgan fingerprint density at radius 2 is 1.80 bits per heavy atom. The van der Waals surface area contributed by atoms with Crippen LogP contribution in [0, 0.1) is 0 Å². The first-order valence-corrected chi connectivity index (χ1v) is 3.41. The lowest BCUT2D eigenvalue weighted by molar-refractivity contribution is 0.472. The molecule has 0 fully saturated rings. The molecule has 0 bridgehead atoms. The zero-order valence-electron chi connectivity index (χ0n) is 5.51. The highest BCUT2D eigenvalue weighted by Crippen LogP contribution is 2.21. The van der Waals surface area contributed by atoms with E-state index in [-0.39, 0.29) is 5.75 Å². The van der Waals surface area contributed by atoms with Crippen LogP contribution in [0.2, 0.25) is 0 Å². The summed E-state index contributed by atoms with van der Waals surface area (Å²) in [5.74, 6) is 0.285. The van der Waals surface area contributed by atoms with Crippen LogP contribution in [0.25, 0.3) is 0 Å². The Morgan fingerprint density at radius 3 is 2.10 bits per heavy atom. The molecule has 0 saturated heterocycles. The van der Waals surface area contributed by atoms with Crippen molar-refractivity contribution in [2.75, 3.05) is 7.18 Å². The number of phenolic OH excluding ortho intramolecular Hbond substituents is 1. The Balaban J connectivity index is 0.000000371. The fraction of sp³-hybridized carbons (Fsp3) is 0.143. The van der Waals surface area contributed by atoms with Gasteiger partial charge < -0.3 is 5.11 Å². The van der Waals surface area contributed by atoms with Gasteiger partial charge >= 0.3 is 0 Å². The number of hydrogen-bond acceptors (Lipinski definition) is 1. The van der Waals surface area contributed by atoms with Crippen LogP contribution >= 0.6 is 15.9 Å². The smallest absolute Gasteiger partial charge is 0.129 e. The van der Waals surface area contributed by atoms with E-state index in [1.165, 1.54) is 0 Å². The lowest BCUT2D eigenvalue weighted by Crippen LogP contribution is -1.63. The average Bonchev–Trinajstić information content (AvgIpc) is 2.00. The Morgan fingerprint density at radius 1 is 1.30 bits per heavy atom. The van der Waals surface area contributed by atoms with Crippen molar-refractivity contribution < 1.29 is 9.50 Å². The molecule has 0 heterocycles. The molecule has 1 nitrogen and oxygen atoms in total. The van der Waals surface area contributed by atoms with E-state index in [4.69, 9.17) is 5.11 Å². The van der Waals surface area contributed by atoms with E-state index in [1.807, 2.05) is 6.07 Å². The lowest BCUT2D eigenvalue weighted by atomic mass is 10.3. The van der Waals surface area contributed by atoms with Crippen molar-refractivity contribution in [2.24, 2.45) is 0 Å². The predicted octanol–water partition coefficient (Wildman–Crippen LogP) is 2.74. The van der Waals surface area contributed by atoms with E-state index in [2.05, 4.69) is 15.9 Å². The van der Waals surface area contributed by atoms with Crippen molar-refractivity contribution in [3.63, 3.8) is 0 Å². The number of halogens is 2. The maximum atomic E-state index is 9.50. The zero-order chi connectivity index (χ0) is 7.98. The molecule has 0 spiro atoms. The second kappa shape index (κ2) is 5.23. The summed E-state index contributed by atoms with van der Waals surface area (Å²) in [7, 11) is 0.500. The van der Waals surface area contributed by atoms with E-state index in [0.717, 1.165) is 4.47 Å². The largest absolute Gasteiger partial charge is 0.507 e. The summed E-state index contributed by atoms with van der Waals surface area (Å²) in [4.78, 5) is 0. The first-order chi connectivity index (χ1) is 4.80. The van der Waals surface area contributed by atoms with Crippen LogP contribution in [0.1, 0.15) is 0 Å². The van der Waals surface area contributed by atoms with Gasteiger partial charge in [-0.15, -0.1) is 0 Å². The number of benzene rings is 1. The normalized spacial score (nSPS) is 7.90. The highest BCUT2D eigenvalue weighted by Gasteiger charge is 1.89. The van der Waals surface area contributed by atoms with E-state index in [1.54, 1.807) is 18.2 Å². The Labute approximate surface area is 67.6 Å². The monoisotopic (exact) mass is 206 g/mol. The summed E-state index contributed by atoms with van der Waals surface area (Å²) in [6, 6.07) is 7.04. The minimum absolute atomic E-state index is 0.285. The second-order valence-corrected chi connectivity index (χ2v) is 2.31. The van der Waals surface area contributed by atoms with Gasteiger partial charge in [0.2, 0.25) is 0 Å². The molecule has 1 aromatic carbocycles. The van der Waals surface area contributed by atoms with Crippen molar-refractivity contribution in [2.45, 2.75) is 0 Å². The van der Waals surface area contributed by atoms with Crippen LogP contribution in [-0.2, 0) is 0 Å². The van der Waals surface area contributed by atoms with Crippen LogP contribution in [0.4, 0.5) is 4.39 Å². The Bertz CT molecular complexity index is 170. The van der Waals surface area contributed by atoms with Crippen molar-refractivity contribution in [3.05, 3.63) is 28.7 Å². The fourth-order valence-electron chi connectivity index (χ4n) is 0.452. The third kappa shape index (κ3) is 2.82. The van der Waals surface area contributed by atoms with Gasteiger partial charge in [-0.3, -0.25) is 4.39 Å². The van der Waals surface area contributed by atoms with E-state index in [0.29, 0.717) is 7.18 Å². The number of phenols is 1. The molecule has 1 N–H and O–H groups in total. The second-order valence-electron chi connectivity index (χ2n) is 1.45. The molecule has 1 aromatic rings. The highest BCUT2D eigenvalue weighted by atomic mass is 79.9. The third-order valence-electron chi connectivity index (χ3n) is 0.852. The molecule has 0 radical (unpaired) electrons. The average molecular weight is 207 g/mol. The Hall–Kier alpha value is -0.570. The van der Waals surface area contributed by atoms with Crippen LogP contribution < -0.4 is 0 Å². The molecule has 0 aliphatic heterocycles. The summed E-state index contributed by atoms with van der Waals surface area (Å²) < 4.78 is 10.2. The minimum atomic E-state index is 0.285. The number of aromatic hydroxyl groups is 1. The maximum absolute atomic E-state index is 9.50. The number of rotatable bonds is 0. The molecule has 0 aromatic heterocycles. The molecule has 0 aliphatic rings. The molecule has 10 heavy (non-hydrogen) atoms. The first-order valence-electron chi connectivity index (χ1n) is 2.62. The van der Waals surface area contributed by atoms with Crippen molar-refractivity contribution in [1.82, 2.24) is 0 Å². The van der Waals surface area contributed by atoms with Gasteiger partial charge in [0, 0.05) is 0 Å². The van der Waals surface area contributed by atoms with Gasteiger partial charge in [0.1, 0.15) is 5.75 Å². The number of para-hydroxylation sites is 1. The molecule has 0 aliphatic carbocycles. The molecular weight excluding hydrogens is 199 g/mol. The molecule has 0 saturated carbocycles. The molecule has 0 amide bonds. The van der Waals surface area contributed by atoms with Crippen molar-refractivity contribution in [3.8, 4) is 5.75 Å².